The number of aromatic nitrogens is 4. The average Bonchev–Trinajstić information content (AvgIpc) is 3.04. The van der Waals surface area contributed by atoms with Crippen molar-refractivity contribution in [1.82, 2.24) is 19.6 Å². The van der Waals surface area contributed by atoms with Gasteiger partial charge in [0, 0.05) is 18.3 Å². The Kier molecular flexibility index (Phi) is 4.23. The lowest BCUT2D eigenvalue weighted by molar-refractivity contribution is -0.113. The second-order valence-electron chi connectivity index (χ2n) is 6.91. The largest absolute Gasteiger partial charge is 0.310 e. The number of anilines is 1. The summed E-state index contributed by atoms with van der Waals surface area (Å²) in [6, 6.07) is 0.254. The van der Waals surface area contributed by atoms with Crippen molar-refractivity contribution in [3.63, 3.8) is 0 Å². The topological polar surface area (TPSA) is 84.7 Å². The van der Waals surface area contributed by atoms with Crippen molar-refractivity contribution in [2.75, 3.05) is 11.1 Å². The molecular weight excluding hydrogens is 338 g/mol. The van der Waals surface area contributed by atoms with Crippen LogP contribution in [0.2, 0.25) is 0 Å². The first-order valence-electron chi connectivity index (χ1n) is 8.80. The van der Waals surface area contributed by atoms with E-state index in [1.165, 1.54) is 18.2 Å². The number of aromatic amines is 1. The van der Waals surface area contributed by atoms with Gasteiger partial charge < -0.3 is 5.32 Å². The molecule has 2 aromatic heterocycles. The Morgan fingerprint density at radius 1 is 1.24 bits per heavy atom. The van der Waals surface area contributed by atoms with Gasteiger partial charge in [-0.2, -0.15) is 5.10 Å². The minimum absolute atomic E-state index is 0.0566. The predicted molar refractivity (Wildman–Crippen MR) is 98.1 cm³/mol. The molecule has 2 aliphatic rings. The van der Waals surface area contributed by atoms with Crippen molar-refractivity contribution in [1.29, 1.82) is 0 Å². The summed E-state index contributed by atoms with van der Waals surface area (Å²) in [4.78, 5) is 25.1. The maximum Gasteiger partial charge on any atom is 0.270 e. The maximum absolute atomic E-state index is 12.8. The molecule has 1 fully saturated rings. The SMILES string of the molecule is Cc1c([C@@H]2SCC(=O)Nc3c2c(=O)[nH]n3C2CCCCC2)cnn1C. The number of rotatable bonds is 2. The average molecular weight is 361 g/mol. The molecule has 1 atom stereocenters. The number of fused-ring (bicyclic) bond motifs is 1. The standard InChI is InChI=1S/C17H23N5O2S/c1-10-12(8-18-21(10)2)15-14-16(19-13(23)9-25-15)22(20-17(14)24)11-6-4-3-5-7-11/h8,11,15H,3-7,9H2,1-2H3,(H,19,23)(H,20,24)/t15-/m0/s1. The number of amides is 1. The first-order chi connectivity index (χ1) is 12.1. The summed E-state index contributed by atoms with van der Waals surface area (Å²) in [7, 11) is 1.89. The highest BCUT2D eigenvalue weighted by molar-refractivity contribution is 8.00. The molecule has 0 radical (unpaired) electrons. The number of thioether (sulfide) groups is 1. The molecule has 2 aromatic rings. The summed E-state index contributed by atoms with van der Waals surface area (Å²) in [5.74, 6) is 0.927. The van der Waals surface area contributed by atoms with Gasteiger partial charge in [0.25, 0.3) is 5.56 Å². The molecule has 8 heteroatoms. The van der Waals surface area contributed by atoms with Gasteiger partial charge in [-0.1, -0.05) is 19.3 Å². The van der Waals surface area contributed by atoms with Crippen LogP contribution in [-0.2, 0) is 11.8 Å². The molecular formula is C17H23N5O2S. The summed E-state index contributed by atoms with van der Waals surface area (Å²) in [6.07, 6.45) is 7.45. The minimum atomic E-state index is -0.184. The summed E-state index contributed by atoms with van der Waals surface area (Å²) in [5, 5.41) is 10.1. The normalized spacial score (nSPS) is 21.7. The first kappa shape index (κ1) is 16.5. The highest BCUT2D eigenvalue weighted by Crippen LogP contribution is 2.42. The number of carbonyl (C=O) groups excluding carboxylic acids is 1. The molecule has 0 spiro atoms. The van der Waals surface area contributed by atoms with Crippen molar-refractivity contribution < 1.29 is 4.79 Å². The van der Waals surface area contributed by atoms with Gasteiger partial charge in [0.1, 0.15) is 5.82 Å². The molecule has 4 rings (SSSR count). The monoisotopic (exact) mass is 361 g/mol. The van der Waals surface area contributed by atoms with E-state index in [0.717, 1.165) is 36.9 Å². The van der Waals surface area contributed by atoms with Crippen LogP contribution in [0.3, 0.4) is 0 Å². The third kappa shape index (κ3) is 2.82. The van der Waals surface area contributed by atoms with E-state index in [1.54, 1.807) is 0 Å². The van der Waals surface area contributed by atoms with Crippen LogP contribution < -0.4 is 10.9 Å². The van der Waals surface area contributed by atoms with Gasteiger partial charge in [-0.15, -0.1) is 11.8 Å². The van der Waals surface area contributed by atoms with Crippen LogP contribution in [-0.4, -0.2) is 31.2 Å². The molecule has 0 aromatic carbocycles. The van der Waals surface area contributed by atoms with E-state index >= 15 is 0 Å². The fraction of sp³-hybridized carbons (Fsp3) is 0.588. The summed E-state index contributed by atoms with van der Waals surface area (Å²) < 4.78 is 3.72. The molecule has 0 bridgehead atoms. The van der Waals surface area contributed by atoms with Crippen LogP contribution in [0.25, 0.3) is 0 Å². The number of H-pyrrole nitrogens is 1. The highest BCUT2D eigenvalue weighted by atomic mass is 32.2. The number of aryl methyl sites for hydroxylation is 1. The van der Waals surface area contributed by atoms with Gasteiger partial charge in [0.05, 0.1) is 28.8 Å². The van der Waals surface area contributed by atoms with E-state index in [1.807, 2.05) is 29.5 Å². The fourth-order valence-corrected chi connectivity index (χ4v) is 5.06. The highest BCUT2D eigenvalue weighted by Gasteiger charge is 2.33. The Labute approximate surface area is 150 Å². The van der Waals surface area contributed by atoms with Crippen molar-refractivity contribution in [2.24, 2.45) is 7.05 Å². The summed E-state index contributed by atoms with van der Waals surface area (Å²) >= 11 is 1.49. The van der Waals surface area contributed by atoms with Crippen molar-refractivity contribution in [3.8, 4) is 0 Å². The molecule has 7 nitrogen and oxygen atoms in total. The molecule has 2 N–H and O–H groups in total. The lowest BCUT2D eigenvalue weighted by Crippen LogP contribution is -2.21. The summed E-state index contributed by atoms with van der Waals surface area (Å²) in [6.45, 7) is 2.00. The van der Waals surface area contributed by atoms with Gasteiger partial charge in [0.15, 0.2) is 0 Å². The van der Waals surface area contributed by atoms with E-state index in [9.17, 15) is 9.59 Å². The zero-order valence-corrected chi connectivity index (χ0v) is 15.4. The smallest absolute Gasteiger partial charge is 0.270 e. The molecule has 3 heterocycles. The Hall–Kier alpha value is -1.96. The van der Waals surface area contributed by atoms with Gasteiger partial charge in [0.2, 0.25) is 5.91 Å². The first-order valence-corrected chi connectivity index (χ1v) is 9.85. The molecule has 134 valence electrons. The van der Waals surface area contributed by atoms with Gasteiger partial charge in [-0.25, -0.2) is 0 Å². The lowest BCUT2D eigenvalue weighted by atomic mass is 9.95. The van der Waals surface area contributed by atoms with E-state index in [2.05, 4.69) is 15.5 Å². The third-order valence-corrected chi connectivity index (χ3v) is 6.61. The number of hydrogen-bond acceptors (Lipinski definition) is 4. The second kappa shape index (κ2) is 6.40. The van der Waals surface area contributed by atoms with Gasteiger partial charge in [-0.3, -0.25) is 24.1 Å². The third-order valence-electron chi connectivity index (χ3n) is 5.36. The number of carbonyl (C=O) groups is 1. The van der Waals surface area contributed by atoms with Crippen LogP contribution >= 0.6 is 11.8 Å². The molecule has 1 aliphatic heterocycles. The number of hydrogen-bond donors (Lipinski definition) is 2. The van der Waals surface area contributed by atoms with E-state index < -0.39 is 0 Å². The zero-order valence-electron chi connectivity index (χ0n) is 14.5. The van der Waals surface area contributed by atoms with Crippen molar-refractivity contribution in [3.05, 3.63) is 33.4 Å². The molecule has 1 amide bonds. The van der Waals surface area contributed by atoms with E-state index in [0.29, 0.717) is 17.1 Å². The summed E-state index contributed by atoms with van der Waals surface area (Å²) in [5.41, 5.74) is 2.56. The Bertz CT molecular complexity index is 859. The molecule has 0 unspecified atom stereocenters. The zero-order chi connectivity index (χ0) is 17.6. The van der Waals surface area contributed by atoms with Crippen molar-refractivity contribution >= 4 is 23.5 Å². The number of nitrogens with one attached hydrogen (secondary N) is 2. The van der Waals surface area contributed by atoms with Crippen LogP contribution in [0.15, 0.2) is 11.0 Å². The lowest BCUT2D eigenvalue weighted by Gasteiger charge is -2.24. The van der Waals surface area contributed by atoms with Crippen LogP contribution in [0.5, 0.6) is 0 Å². The quantitative estimate of drug-likeness (QED) is 0.861. The Balaban J connectivity index is 1.84. The molecule has 1 aliphatic carbocycles. The van der Waals surface area contributed by atoms with Crippen LogP contribution in [0, 0.1) is 6.92 Å². The Morgan fingerprint density at radius 3 is 2.68 bits per heavy atom. The molecule has 1 saturated carbocycles. The van der Waals surface area contributed by atoms with Crippen molar-refractivity contribution in [2.45, 2.75) is 50.3 Å². The van der Waals surface area contributed by atoms with Gasteiger partial charge in [-0.05, 0) is 19.8 Å². The van der Waals surface area contributed by atoms with E-state index in [4.69, 9.17) is 0 Å². The number of nitrogens with zero attached hydrogens (tertiary/aromatic N) is 3. The van der Waals surface area contributed by atoms with Crippen LogP contribution in [0.4, 0.5) is 5.82 Å². The Morgan fingerprint density at radius 2 is 2.00 bits per heavy atom. The minimum Gasteiger partial charge on any atom is -0.310 e. The molecule has 25 heavy (non-hydrogen) atoms. The second-order valence-corrected chi connectivity index (χ2v) is 8.01. The van der Waals surface area contributed by atoms with Crippen LogP contribution in [0.1, 0.15) is 60.2 Å². The van der Waals surface area contributed by atoms with Gasteiger partial charge >= 0.3 is 0 Å². The maximum atomic E-state index is 12.8. The van der Waals surface area contributed by atoms with E-state index in [-0.39, 0.29) is 22.8 Å². The molecule has 0 saturated heterocycles. The fourth-order valence-electron chi connectivity index (χ4n) is 3.88. The predicted octanol–water partition coefficient (Wildman–Crippen LogP) is 2.50.